The SMILES string of the molecule is COc1ccc(F)cc1-c1ccc([C@@H](C)NS(=O)(=O)c2cn(C)nc2C)cc1. The van der Waals surface area contributed by atoms with Crippen molar-refractivity contribution in [2.45, 2.75) is 24.8 Å². The van der Waals surface area contributed by atoms with Crippen molar-refractivity contribution in [1.29, 1.82) is 0 Å². The Morgan fingerprint density at radius 3 is 2.43 bits per heavy atom. The predicted octanol–water partition coefficient (Wildman–Crippen LogP) is 3.58. The summed E-state index contributed by atoms with van der Waals surface area (Å²) in [6, 6.07) is 11.1. The molecule has 0 saturated carbocycles. The second-order valence-corrected chi connectivity index (χ2v) is 8.24. The Morgan fingerprint density at radius 2 is 1.86 bits per heavy atom. The first-order valence-corrected chi connectivity index (χ1v) is 10.2. The van der Waals surface area contributed by atoms with Crippen molar-refractivity contribution in [2.75, 3.05) is 7.11 Å². The van der Waals surface area contributed by atoms with Gasteiger partial charge in [0.25, 0.3) is 0 Å². The third-order valence-electron chi connectivity index (χ3n) is 4.47. The summed E-state index contributed by atoms with van der Waals surface area (Å²) >= 11 is 0. The van der Waals surface area contributed by atoms with Gasteiger partial charge in [0.15, 0.2) is 0 Å². The third-order valence-corrected chi connectivity index (χ3v) is 6.12. The third kappa shape index (κ3) is 4.07. The summed E-state index contributed by atoms with van der Waals surface area (Å²) in [6.45, 7) is 3.42. The van der Waals surface area contributed by atoms with Gasteiger partial charge < -0.3 is 4.74 Å². The summed E-state index contributed by atoms with van der Waals surface area (Å²) in [5.74, 6) is 0.211. The molecular weight excluding hydrogens is 381 g/mol. The molecule has 148 valence electrons. The normalized spacial score (nSPS) is 12.8. The molecule has 0 radical (unpaired) electrons. The maximum Gasteiger partial charge on any atom is 0.244 e. The van der Waals surface area contributed by atoms with Gasteiger partial charge in [0.2, 0.25) is 10.0 Å². The average Bonchev–Trinajstić information content (AvgIpc) is 3.00. The Morgan fingerprint density at radius 1 is 1.18 bits per heavy atom. The fourth-order valence-electron chi connectivity index (χ4n) is 3.06. The van der Waals surface area contributed by atoms with Crippen LogP contribution < -0.4 is 9.46 Å². The molecule has 3 rings (SSSR count). The molecule has 28 heavy (non-hydrogen) atoms. The van der Waals surface area contributed by atoms with Crippen molar-refractivity contribution in [1.82, 2.24) is 14.5 Å². The van der Waals surface area contributed by atoms with Crippen molar-refractivity contribution in [3.8, 4) is 16.9 Å². The minimum Gasteiger partial charge on any atom is -0.496 e. The molecule has 0 bridgehead atoms. The fourth-order valence-corrected chi connectivity index (χ4v) is 4.51. The van der Waals surface area contributed by atoms with Crippen molar-refractivity contribution in [3.05, 3.63) is 65.7 Å². The highest BCUT2D eigenvalue weighted by molar-refractivity contribution is 7.89. The number of rotatable bonds is 6. The summed E-state index contributed by atoms with van der Waals surface area (Å²) in [7, 11) is -0.493. The van der Waals surface area contributed by atoms with E-state index >= 15 is 0 Å². The van der Waals surface area contributed by atoms with Crippen LogP contribution in [0.3, 0.4) is 0 Å². The Hall–Kier alpha value is -2.71. The molecule has 2 aromatic carbocycles. The molecule has 0 unspecified atom stereocenters. The zero-order valence-corrected chi connectivity index (χ0v) is 16.9. The van der Waals surface area contributed by atoms with E-state index in [-0.39, 0.29) is 10.7 Å². The first-order valence-electron chi connectivity index (χ1n) is 8.67. The maximum atomic E-state index is 13.6. The number of benzene rings is 2. The minimum atomic E-state index is -3.70. The number of aryl methyl sites for hydroxylation is 2. The molecule has 0 aliphatic carbocycles. The summed E-state index contributed by atoms with van der Waals surface area (Å²) in [6.07, 6.45) is 1.48. The van der Waals surface area contributed by atoms with Crippen LogP contribution >= 0.6 is 0 Å². The van der Waals surface area contributed by atoms with Gasteiger partial charge in [-0.05, 0) is 43.2 Å². The van der Waals surface area contributed by atoms with Crippen LogP contribution in [0.2, 0.25) is 0 Å². The standard InChI is InChI=1S/C20H22FN3O3S/c1-13(23-28(25,26)20-12-24(3)22-14(20)2)15-5-7-16(8-6-15)18-11-17(21)9-10-19(18)27-4/h5-13,23H,1-4H3/t13-/m1/s1. The summed E-state index contributed by atoms with van der Waals surface area (Å²) in [4.78, 5) is 0.156. The Kier molecular flexibility index (Phi) is 5.53. The molecule has 1 heterocycles. The van der Waals surface area contributed by atoms with Crippen molar-refractivity contribution < 1.29 is 17.5 Å². The monoisotopic (exact) mass is 403 g/mol. The molecular formula is C20H22FN3O3S. The van der Waals surface area contributed by atoms with Crippen molar-refractivity contribution >= 4 is 10.0 Å². The van der Waals surface area contributed by atoms with Crippen molar-refractivity contribution in [2.24, 2.45) is 7.05 Å². The second-order valence-electron chi connectivity index (χ2n) is 6.56. The Balaban J connectivity index is 1.84. The molecule has 6 nitrogen and oxygen atoms in total. The van der Waals surface area contributed by atoms with Gasteiger partial charge in [-0.15, -0.1) is 0 Å². The maximum absolute atomic E-state index is 13.6. The summed E-state index contributed by atoms with van der Waals surface area (Å²) in [5, 5.41) is 4.08. The molecule has 3 aromatic rings. The van der Waals surface area contributed by atoms with E-state index in [0.717, 1.165) is 11.1 Å². The predicted molar refractivity (Wildman–Crippen MR) is 105 cm³/mol. The van der Waals surface area contributed by atoms with Crippen LogP contribution in [0.25, 0.3) is 11.1 Å². The first kappa shape index (κ1) is 20.0. The van der Waals surface area contributed by atoms with E-state index < -0.39 is 16.1 Å². The van der Waals surface area contributed by atoms with Gasteiger partial charge >= 0.3 is 0 Å². The molecule has 0 aliphatic heterocycles. The highest BCUT2D eigenvalue weighted by Crippen LogP contribution is 2.31. The van der Waals surface area contributed by atoms with Gasteiger partial charge in [-0.25, -0.2) is 17.5 Å². The number of halogens is 1. The molecule has 0 spiro atoms. The number of nitrogens with zero attached hydrogens (tertiary/aromatic N) is 2. The Bertz CT molecular complexity index is 1090. The lowest BCUT2D eigenvalue weighted by Crippen LogP contribution is -2.27. The quantitative estimate of drug-likeness (QED) is 0.683. The first-order chi connectivity index (χ1) is 13.2. The lowest BCUT2D eigenvalue weighted by molar-refractivity contribution is 0.415. The van der Waals surface area contributed by atoms with E-state index in [2.05, 4.69) is 9.82 Å². The van der Waals surface area contributed by atoms with Crippen LogP contribution in [-0.4, -0.2) is 25.3 Å². The molecule has 0 aliphatic rings. The zero-order chi connectivity index (χ0) is 20.5. The number of hydrogen-bond acceptors (Lipinski definition) is 4. The molecule has 1 aromatic heterocycles. The minimum absolute atomic E-state index is 0.156. The smallest absolute Gasteiger partial charge is 0.244 e. The fraction of sp³-hybridized carbons (Fsp3) is 0.250. The highest BCUT2D eigenvalue weighted by Gasteiger charge is 2.22. The average molecular weight is 403 g/mol. The Labute approximate surface area is 164 Å². The molecule has 0 amide bonds. The summed E-state index contributed by atoms with van der Waals surface area (Å²) < 4.78 is 48.3. The number of sulfonamides is 1. The van der Waals surface area contributed by atoms with Gasteiger partial charge in [-0.2, -0.15) is 5.10 Å². The van der Waals surface area contributed by atoms with Crippen molar-refractivity contribution in [3.63, 3.8) is 0 Å². The lowest BCUT2D eigenvalue weighted by Gasteiger charge is -2.15. The molecule has 0 saturated heterocycles. The van der Waals surface area contributed by atoms with Crippen LogP contribution in [0, 0.1) is 12.7 Å². The number of methoxy groups -OCH3 is 1. The summed E-state index contributed by atoms with van der Waals surface area (Å²) in [5.41, 5.74) is 2.63. The molecule has 1 atom stereocenters. The van der Waals surface area contributed by atoms with E-state index in [1.807, 2.05) is 24.3 Å². The van der Waals surface area contributed by atoms with E-state index in [1.54, 1.807) is 27.0 Å². The number of hydrogen-bond donors (Lipinski definition) is 1. The van der Waals surface area contributed by atoms with Gasteiger partial charge in [0, 0.05) is 24.8 Å². The van der Waals surface area contributed by atoms with E-state index in [0.29, 0.717) is 17.0 Å². The van der Waals surface area contributed by atoms with Crippen LogP contribution in [0.1, 0.15) is 24.2 Å². The largest absolute Gasteiger partial charge is 0.496 e. The van der Waals surface area contributed by atoms with E-state index in [4.69, 9.17) is 4.74 Å². The number of nitrogens with one attached hydrogen (secondary N) is 1. The van der Waals surface area contributed by atoms with E-state index in [1.165, 1.54) is 30.1 Å². The lowest BCUT2D eigenvalue weighted by atomic mass is 10.0. The molecule has 1 N–H and O–H groups in total. The number of aromatic nitrogens is 2. The number of ether oxygens (including phenoxy) is 1. The van der Waals surface area contributed by atoms with E-state index in [9.17, 15) is 12.8 Å². The zero-order valence-electron chi connectivity index (χ0n) is 16.1. The van der Waals surface area contributed by atoms with Crippen LogP contribution in [0.15, 0.2) is 53.6 Å². The van der Waals surface area contributed by atoms with Gasteiger partial charge in [0.05, 0.1) is 12.8 Å². The van der Waals surface area contributed by atoms with Gasteiger partial charge in [-0.1, -0.05) is 24.3 Å². The van der Waals surface area contributed by atoms with Gasteiger partial charge in [-0.3, -0.25) is 4.68 Å². The van der Waals surface area contributed by atoms with Crippen LogP contribution in [-0.2, 0) is 17.1 Å². The molecule has 8 heteroatoms. The van der Waals surface area contributed by atoms with Crippen LogP contribution in [0.5, 0.6) is 5.75 Å². The highest BCUT2D eigenvalue weighted by atomic mass is 32.2. The van der Waals surface area contributed by atoms with Gasteiger partial charge in [0.1, 0.15) is 16.5 Å². The molecule has 0 fully saturated rings. The topological polar surface area (TPSA) is 73.2 Å². The van der Waals surface area contributed by atoms with Crippen LogP contribution in [0.4, 0.5) is 4.39 Å². The second kappa shape index (κ2) is 7.73.